The van der Waals surface area contributed by atoms with Crippen LogP contribution in [0, 0.1) is 0 Å². The van der Waals surface area contributed by atoms with E-state index in [1.165, 1.54) is 70.6 Å². The average molecular weight is 401 g/mol. The van der Waals surface area contributed by atoms with Gasteiger partial charge in [0.2, 0.25) is 0 Å². The zero-order valence-corrected chi connectivity index (χ0v) is 19.9. The van der Waals surface area contributed by atoms with Gasteiger partial charge in [0, 0.05) is 12.8 Å². The third-order valence-electron chi connectivity index (χ3n) is 5.99. The summed E-state index contributed by atoms with van der Waals surface area (Å²) in [6.07, 6.45) is 22.9. The molecule has 0 spiro atoms. The van der Waals surface area contributed by atoms with Crippen molar-refractivity contribution >= 4 is 8.03 Å². The summed E-state index contributed by atoms with van der Waals surface area (Å²) in [6.45, 7) is 4.27. The van der Waals surface area contributed by atoms with Crippen LogP contribution in [0.5, 0.6) is 0 Å². The van der Waals surface area contributed by atoms with E-state index in [9.17, 15) is 9.46 Å². The van der Waals surface area contributed by atoms with Crippen molar-refractivity contribution in [1.29, 1.82) is 0 Å². The van der Waals surface area contributed by atoms with Gasteiger partial charge in [-0.25, -0.2) is 0 Å². The van der Waals surface area contributed by atoms with E-state index in [1.54, 1.807) is 0 Å². The molecule has 160 valence electrons. The van der Waals surface area contributed by atoms with Crippen LogP contribution in [0.4, 0.5) is 0 Å². The molecule has 0 radical (unpaired) electrons. The van der Waals surface area contributed by atoms with Crippen molar-refractivity contribution in [2.75, 3.05) is 21.1 Å². The van der Waals surface area contributed by atoms with Crippen LogP contribution >= 0.6 is 8.03 Å². The molecular formula is C23H47NO2P+. The van der Waals surface area contributed by atoms with Gasteiger partial charge >= 0.3 is 8.03 Å². The maximum atomic E-state index is 11.9. The van der Waals surface area contributed by atoms with E-state index in [1.807, 2.05) is 28.1 Å². The fourth-order valence-electron chi connectivity index (χ4n) is 3.94. The summed E-state index contributed by atoms with van der Waals surface area (Å²) in [5.74, 6) is 0. The highest BCUT2D eigenvalue weighted by atomic mass is 31.1. The summed E-state index contributed by atoms with van der Waals surface area (Å²) in [6, 6.07) is 0. The molecular weight excluding hydrogens is 353 g/mol. The number of unbranched alkanes of at least 4 members (excludes halogenated alkanes) is 11. The van der Waals surface area contributed by atoms with Gasteiger partial charge < -0.3 is 4.89 Å². The zero-order valence-electron chi connectivity index (χ0n) is 19.0. The van der Waals surface area contributed by atoms with Crippen molar-refractivity contribution in [3.05, 3.63) is 12.2 Å². The van der Waals surface area contributed by atoms with E-state index in [0.29, 0.717) is 10.9 Å². The molecule has 27 heavy (non-hydrogen) atoms. The molecule has 2 atom stereocenters. The summed E-state index contributed by atoms with van der Waals surface area (Å²) in [7, 11) is 3.56. The lowest BCUT2D eigenvalue weighted by Crippen LogP contribution is -2.55. The van der Waals surface area contributed by atoms with Crippen LogP contribution in [0.25, 0.3) is 0 Å². The standard InChI is InChI=1S/C23H47NO2P/c1-6-8-9-10-11-12-13-14-15-16-17-18-19-20-21-22-23(7-2,27(25)26)24(3,4)5/h18-19H,6-17,20-22H2,1-5H3/q+1/b19-18-. The highest BCUT2D eigenvalue weighted by Crippen LogP contribution is 2.44. The fraction of sp³-hybridized carbons (Fsp3) is 0.913. The molecule has 0 aromatic heterocycles. The Kier molecular flexibility index (Phi) is 15.5. The minimum absolute atomic E-state index is 0.491. The first-order valence-electron chi connectivity index (χ1n) is 11.4. The van der Waals surface area contributed by atoms with Crippen molar-refractivity contribution < 1.29 is 13.9 Å². The zero-order chi connectivity index (χ0) is 20.6. The fourth-order valence-corrected chi connectivity index (χ4v) is 5.03. The SMILES string of the molecule is CCCCCCCCCCCC/C=C\CCCC(CC)([P+](=O)[O-])[N+](C)(C)C. The average Bonchev–Trinajstić information content (AvgIpc) is 2.60. The molecule has 0 amide bonds. The maximum absolute atomic E-state index is 11.9. The lowest BCUT2D eigenvalue weighted by atomic mass is 10.0. The highest BCUT2D eigenvalue weighted by Gasteiger charge is 2.52. The monoisotopic (exact) mass is 400 g/mol. The smallest absolute Gasteiger partial charge is 0.376 e. The number of hydrogen-bond donors (Lipinski definition) is 0. The molecule has 0 aliphatic heterocycles. The molecule has 0 saturated carbocycles. The molecule has 0 aromatic rings. The van der Waals surface area contributed by atoms with Crippen molar-refractivity contribution in [1.82, 2.24) is 0 Å². The van der Waals surface area contributed by atoms with Gasteiger partial charge in [-0.1, -0.05) is 88.4 Å². The molecule has 2 unspecified atom stereocenters. The maximum Gasteiger partial charge on any atom is 0.376 e. The molecule has 0 fully saturated rings. The van der Waals surface area contributed by atoms with Gasteiger partial charge in [-0.15, -0.1) is 0 Å². The number of nitrogens with zero attached hydrogens (tertiary/aromatic N) is 1. The first kappa shape index (κ1) is 26.8. The quantitative estimate of drug-likeness (QED) is 0.108. The Labute approximate surface area is 171 Å². The summed E-state index contributed by atoms with van der Waals surface area (Å²) in [5.41, 5.74) is 0. The minimum Gasteiger partial charge on any atom is -0.590 e. The predicted molar refractivity (Wildman–Crippen MR) is 118 cm³/mol. The Bertz CT molecular complexity index is 404. The molecule has 4 heteroatoms. The number of allylic oxidation sites excluding steroid dienone is 2. The van der Waals surface area contributed by atoms with Gasteiger partial charge in [0.25, 0.3) is 5.28 Å². The Morgan fingerprint density at radius 1 is 0.778 bits per heavy atom. The third kappa shape index (κ3) is 11.4. The van der Waals surface area contributed by atoms with Crippen molar-refractivity contribution in [2.24, 2.45) is 0 Å². The number of rotatable bonds is 18. The van der Waals surface area contributed by atoms with Gasteiger partial charge in [0.15, 0.2) is 0 Å². The summed E-state index contributed by atoms with van der Waals surface area (Å²) < 4.78 is 12.4. The van der Waals surface area contributed by atoms with Crippen LogP contribution in [0.3, 0.4) is 0 Å². The van der Waals surface area contributed by atoms with Crippen molar-refractivity contribution in [2.45, 2.75) is 115 Å². The van der Waals surface area contributed by atoms with Crippen LogP contribution in [0.2, 0.25) is 0 Å². The second-order valence-corrected chi connectivity index (χ2v) is 10.3. The van der Waals surface area contributed by atoms with E-state index < -0.39 is 13.3 Å². The predicted octanol–water partition coefficient (Wildman–Crippen LogP) is 6.94. The molecule has 0 heterocycles. The third-order valence-corrected chi connectivity index (χ3v) is 7.81. The molecule has 0 rings (SSSR count). The molecule has 3 nitrogen and oxygen atoms in total. The van der Waals surface area contributed by atoms with Gasteiger partial charge in [-0.05, 0) is 25.7 Å². The van der Waals surface area contributed by atoms with Gasteiger partial charge in [0.1, 0.15) is 0 Å². The van der Waals surface area contributed by atoms with Crippen LogP contribution < -0.4 is 4.89 Å². The summed E-state index contributed by atoms with van der Waals surface area (Å²) in [5, 5.41) is -0.625. The summed E-state index contributed by atoms with van der Waals surface area (Å²) in [4.78, 5) is 11.9. The number of hydrogen-bond acceptors (Lipinski definition) is 2. The Hall–Kier alpha value is -0.240. The van der Waals surface area contributed by atoms with E-state index in [2.05, 4.69) is 19.1 Å². The second kappa shape index (κ2) is 15.7. The summed E-state index contributed by atoms with van der Waals surface area (Å²) >= 11 is 0. The lowest BCUT2D eigenvalue weighted by Gasteiger charge is -2.39. The lowest BCUT2D eigenvalue weighted by molar-refractivity contribution is -0.910. The van der Waals surface area contributed by atoms with E-state index in [-0.39, 0.29) is 0 Å². The van der Waals surface area contributed by atoms with E-state index in [0.717, 1.165) is 19.3 Å². The van der Waals surface area contributed by atoms with Crippen molar-refractivity contribution in [3.8, 4) is 0 Å². The van der Waals surface area contributed by atoms with Gasteiger partial charge in [-0.3, -0.25) is 4.48 Å². The molecule has 0 saturated heterocycles. The second-order valence-electron chi connectivity index (χ2n) is 8.94. The molecule has 0 aliphatic rings. The first-order valence-corrected chi connectivity index (χ1v) is 12.6. The van der Waals surface area contributed by atoms with Crippen LogP contribution in [-0.2, 0) is 4.57 Å². The van der Waals surface area contributed by atoms with Crippen molar-refractivity contribution in [3.63, 3.8) is 0 Å². The van der Waals surface area contributed by atoms with E-state index in [4.69, 9.17) is 0 Å². The van der Waals surface area contributed by atoms with Gasteiger partial charge in [-0.2, -0.15) is 0 Å². The van der Waals surface area contributed by atoms with Crippen LogP contribution in [0.15, 0.2) is 12.2 Å². The normalized spacial score (nSPS) is 15.3. The molecule has 0 bridgehead atoms. The minimum atomic E-state index is -2.43. The highest BCUT2D eigenvalue weighted by molar-refractivity contribution is 7.38. The molecule has 0 aliphatic carbocycles. The van der Waals surface area contributed by atoms with Gasteiger partial charge in [0.05, 0.1) is 21.1 Å². The largest absolute Gasteiger partial charge is 0.590 e. The Morgan fingerprint density at radius 2 is 1.22 bits per heavy atom. The Balaban J connectivity index is 3.74. The molecule has 0 N–H and O–H groups in total. The molecule has 0 aromatic carbocycles. The Morgan fingerprint density at radius 3 is 1.63 bits per heavy atom. The first-order chi connectivity index (χ1) is 12.8. The topological polar surface area (TPSA) is 40.1 Å². The van der Waals surface area contributed by atoms with Crippen LogP contribution in [0.1, 0.15) is 110 Å². The number of quaternary nitrogens is 1. The van der Waals surface area contributed by atoms with Crippen LogP contribution in [-0.4, -0.2) is 30.9 Å². The van der Waals surface area contributed by atoms with E-state index >= 15 is 0 Å².